The number of nitrogens with zero attached hydrogens (tertiary/aromatic N) is 2. The van der Waals surface area contributed by atoms with Gasteiger partial charge in [-0.1, -0.05) is 30.1 Å². The normalized spacial score (nSPS) is 20.4. The van der Waals surface area contributed by atoms with Crippen LogP contribution in [-0.2, 0) is 33.8 Å². The lowest BCUT2D eigenvalue weighted by Crippen LogP contribution is -2.50. The van der Waals surface area contributed by atoms with Gasteiger partial charge in [-0.05, 0) is 60.9 Å². The Hall–Kier alpha value is -3.97. The van der Waals surface area contributed by atoms with Crippen LogP contribution in [0, 0.1) is 11.3 Å². The van der Waals surface area contributed by atoms with Crippen LogP contribution in [-0.4, -0.2) is 67.8 Å². The Labute approximate surface area is 260 Å². The van der Waals surface area contributed by atoms with Crippen molar-refractivity contribution in [2.24, 2.45) is 11.3 Å². The molecular formula is C31H40N6O6S. The van der Waals surface area contributed by atoms with Gasteiger partial charge in [0, 0.05) is 37.4 Å². The number of benzene rings is 1. The van der Waals surface area contributed by atoms with E-state index in [2.05, 4.69) is 31.4 Å². The van der Waals surface area contributed by atoms with Crippen molar-refractivity contribution in [3.63, 3.8) is 0 Å². The number of aromatic nitrogens is 2. The second-order valence-electron chi connectivity index (χ2n) is 11.4. The molecule has 0 radical (unpaired) electrons. The van der Waals surface area contributed by atoms with E-state index < -0.39 is 5.41 Å². The van der Waals surface area contributed by atoms with Crippen LogP contribution in [0.1, 0.15) is 54.3 Å². The Morgan fingerprint density at radius 3 is 2.84 bits per heavy atom. The summed E-state index contributed by atoms with van der Waals surface area (Å²) in [5.74, 6) is 1.61. The molecule has 1 aliphatic heterocycles. The molecule has 2 aliphatic rings. The number of hydrogen-bond donors (Lipinski definition) is 4. The second-order valence-corrected chi connectivity index (χ2v) is 12.4. The van der Waals surface area contributed by atoms with Crippen LogP contribution in [0.5, 0.6) is 11.5 Å². The predicted octanol–water partition coefficient (Wildman–Crippen LogP) is 2.37. The van der Waals surface area contributed by atoms with E-state index in [0.29, 0.717) is 80.9 Å². The van der Waals surface area contributed by atoms with Gasteiger partial charge in [-0.25, -0.2) is 0 Å². The standard InChI is InChI=1S/C31H40N6O6S/c1-41-24-9-8-22-14-25(24)42-19-28(39)33-12-11-32-10-2-5-27(38)35-20-31(17-22,16-21-6-7-21)30(40)34-18-29-36-26(37-43-29)15-23-4-3-13-44-23/h3-4,8-9,13-14,21,32H,2,5-7,10-12,15-20H2,1H3,(H,33,39)(H,34,40)(H,35,38). The van der Waals surface area contributed by atoms with Gasteiger partial charge in [0.05, 0.1) is 19.1 Å². The zero-order chi connectivity index (χ0) is 30.8. The number of hydrogen-bond acceptors (Lipinski definition) is 10. The third kappa shape index (κ3) is 9.02. The molecular weight excluding hydrogens is 584 g/mol. The van der Waals surface area contributed by atoms with E-state index in [1.807, 2.05) is 29.6 Å². The van der Waals surface area contributed by atoms with Crippen molar-refractivity contribution in [2.45, 2.75) is 51.5 Å². The van der Waals surface area contributed by atoms with E-state index in [-0.39, 0.29) is 37.4 Å². The van der Waals surface area contributed by atoms with Gasteiger partial charge in [-0.2, -0.15) is 4.98 Å². The zero-order valence-electron chi connectivity index (χ0n) is 25.0. The minimum Gasteiger partial charge on any atom is -0.493 e. The van der Waals surface area contributed by atoms with E-state index in [1.54, 1.807) is 17.4 Å². The molecule has 3 aromatic rings. The summed E-state index contributed by atoms with van der Waals surface area (Å²) >= 11 is 1.62. The molecule has 13 heteroatoms. The molecule has 1 aliphatic carbocycles. The number of carbonyl (C=O) groups excluding carboxylic acids is 3. The van der Waals surface area contributed by atoms with Crippen molar-refractivity contribution < 1.29 is 28.4 Å². The fourth-order valence-electron chi connectivity index (χ4n) is 5.36. The first-order valence-corrected chi connectivity index (χ1v) is 16.0. The largest absolute Gasteiger partial charge is 0.493 e. The first-order chi connectivity index (χ1) is 21.4. The lowest BCUT2D eigenvalue weighted by atomic mass is 9.75. The highest BCUT2D eigenvalue weighted by molar-refractivity contribution is 7.09. The van der Waals surface area contributed by atoms with Gasteiger partial charge in [0.25, 0.3) is 5.91 Å². The summed E-state index contributed by atoms with van der Waals surface area (Å²) < 4.78 is 16.8. The van der Waals surface area contributed by atoms with Gasteiger partial charge in [0.15, 0.2) is 23.9 Å². The summed E-state index contributed by atoms with van der Waals surface area (Å²) in [6.45, 7) is 1.75. The molecule has 2 aromatic heterocycles. The van der Waals surface area contributed by atoms with E-state index in [0.717, 1.165) is 23.3 Å². The molecule has 4 N–H and O–H groups in total. The first-order valence-electron chi connectivity index (χ1n) is 15.1. The van der Waals surface area contributed by atoms with Crippen LogP contribution in [0.3, 0.4) is 0 Å². The van der Waals surface area contributed by atoms with Crippen LogP contribution >= 0.6 is 11.3 Å². The van der Waals surface area contributed by atoms with Crippen molar-refractivity contribution in [1.29, 1.82) is 0 Å². The van der Waals surface area contributed by atoms with Crippen LogP contribution < -0.4 is 30.7 Å². The molecule has 3 amide bonds. The van der Waals surface area contributed by atoms with Crippen LogP contribution in [0.25, 0.3) is 0 Å². The number of amides is 3. The molecule has 44 heavy (non-hydrogen) atoms. The molecule has 0 spiro atoms. The highest BCUT2D eigenvalue weighted by Gasteiger charge is 2.43. The quantitative estimate of drug-likeness (QED) is 0.296. The van der Waals surface area contributed by atoms with E-state index in [4.69, 9.17) is 14.0 Å². The topological polar surface area (TPSA) is 157 Å². The molecule has 5 rings (SSSR count). The molecule has 236 valence electrons. The van der Waals surface area contributed by atoms with Gasteiger partial charge in [-0.15, -0.1) is 11.3 Å². The number of rotatable bonds is 8. The number of methoxy groups -OCH3 is 1. The second kappa shape index (κ2) is 15.2. The molecule has 1 unspecified atom stereocenters. The molecule has 1 aromatic carbocycles. The van der Waals surface area contributed by atoms with Crippen LogP contribution in [0.4, 0.5) is 0 Å². The fourth-order valence-corrected chi connectivity index (χ4v) is 6.06. The Morgan fingerprint density at radius 2 is 2.05 bits per heavy atom. The zero-order valence-corrected chi connectivity index (χ0v) is 25.8. The van der Waals surface area contributed by atoms with Crippen LogP contribution in [0.2, 0.25) is 0 Å². The highest BCUT2D eigenvalue weighted by atomic mass is 32.1. The summed E-state index contributed by atoms with van der Waals surface area (Å²) in [6, 6.07) is 9.46. The minimum atomic E-state index is -0.941. The van der Waals surface area contributed by atoms with Crippen molar-refractivity contribution >= 4 is 29.1 Å². The Morgan fingerprint density at radius 1 is 1.16 bits per heavy atom. The molecule has 1 atom stereocenters. The number of nitrogens with one attached hydrogen (secondary N) is 4. The average molecular weight is 625 g/mol. The molecule has 0 saturated heterocycles. The molecule has 2 bridgehead atoms. The monoisotopic (exact) mass is 624 g/mol. The Bertz CT molecular complexity index is 1410. The van der Waals surface area contributed by atoms with Crippen molar-refractivity contribution in [1.82, 2.24) is 31.4 Å². The van der Waals surface area contributed by atoms with Gasteiger partial charge in [0.1, 0.15) is 0 Å². The first kappa shape index (κ1) is 31.5. The average Bonchev–Trinajstić information content (AvgIpc) is 3.47. The SMILES string of the molecule is COc1ccc2cc1OCC(=O)NCCNCCCC(=O)NCC(CC1CC1)(C(=O)NCc1nc(Cc3cccs3)no1)C2. The number of ether oxygens (including phenoxy) is 2. The maximum Gasteiger partial charge on any atom is 0.257 e. The van der Waals surface area contributed by atoms with Gasteiger partial charge >= 0.3 is 0 Å². The minimum absolute atomic E-state index is 0.0778. The summed E-state index contributed by atoms with van der Waals surface area (Å²) in [4.78, 5) is 45.0. The number of carbonyl (C=O) groups is 3. The van der Waals surface area contributed by atoms with Crippen molar-refractivity contribution in [3.8, 4) is 11.5 Å². The molecule has 3 heterocycles. The summed E-state index contributed by atoms with van der Waals surface area (Å²) in [5, 5.41) is 18.2. The molecule has 1 fully saturated rings. The smallest absolute Gasteiger partial charge is 0.257 e. The number of fused-ring (bicyclic) bond motifs is 2. The highest BCUT2D eigenvalue weighted by Crippen LogP contribution is 2.43. The van der Waals surface area contributed by atoms with Crippen LogP contribution in [0.15, 0.2) is 40.2 Å². The van der Waals surface area contributed by atoms with Crippen molar-refractivity contribution in [3.05, 3.63) is 57.9 Å². The van der Waals surface area contributed by atoms with E-state index in [9.17, 15) is 14.4 Å². The number of thiophene rings is 1. The maximum atomic E-state index is 14.1. The van der Waals surface area contributed by atoms with E-state index in [1.165, 1.54) is 7.11 Å². The van der Waals surface area contributed by atoms with Gasteiger partial charge in [-0.3, -0.25) is 14.4 Å². The fraction of sp³-hybridized carbons (Fsp3) is 0.516. The summed E-state index contributed by atoms with van der Waals surface area (Å²) in [7, 11) is 1.54. The lowest BCUT2D eigenvalue weighted by molar-refractivity contribution is -0.132. The summed E-state index contributed by atoms with van der Waals surface area (Å²) in [6.07, 6.45) is 4.56. The Balaban J connectivity index is 1.37. The third-order valence-corrected chi connectivity index (χ3v) is 8.69. The maximum absolute atomic E-state index is 14.1. The summed E-state index contributed by atoms with van der Waals surface area (Å²) in [5.41, 5.74) is -0.114. The van der Waals surface area contributed by atoms with Gasteiger partial charge < -0.3 is 35.3 Å². The molecule has 12 nitrogen and oxygen atoms in total. The molecule has 1 saturated carbocycles. The van der Waals surface area contributed by atoms with Crippen molar-refractivity contribution in [2.75, 3.05) is 39.9 Å². The van der Waals surface area contributed by atoms with Gasteiger partial charge in [0.2, 0.25) is 17.7 Å². The van der Waals surface area contributed by atoms with E-state index >= 15 is 0 Å². The predicted molar refractivity (Wildman–Crippen MR) is 163 cm³/mol. The third-order valence-electron chi connectivity index (χ3n) is 7.82. The lowest BCUT2D eigenvalue weighted by Gasteiger charge is -2.33. The Kier molecular flexibility index (Phi) is 10.8.